The van der Waals surface area contributed by atoms with Gasteiger partial charge in [0.1, 0.15) is 11.5 Å². The fourth-order valence-electron chi connectivity index (χ4n) is 3.77. The molecule has 4 rings (SSSR count). The van der Waals surface area contributed by atoms with Gasteiger partial charge in [0, 0.05) is 30.2 Å². The highest BCUT2D eigenvalue weighted by molar-refractivity contribution is 9.10. The van der Waals surface area contributed by atoms with Gasteiger partial charge < -0.3 is 14.2 Å². The van der Waals surface area contributed by atoms with Gasteiger partial charge in [-0.1, -0.05) is 34.1 Å². The van der Waals surface area contributed by atoms with Crippen molar-refractivity contribution in [3.05, 3.63) is 69.0 Å². The highest BCUT2D eigenvalue weighted by atomic mass is 79.9. The number of benzene rings is 1. The predicted octanol–water partition coefficient (Wildman–Crippen LogP) is 5.28. The van der Waals surface area contributed by atoms with Crippen molar-refractivity contribution in [3.8, 4) is 11.3 Å². The highest BCUT2D eigenvalue weighted by Crippen LogP contribution is 2.26. The number of hydrogen-bond donors (Lipinski definition) is 0. The van der Waals surface area contributed by atoms with Crippen molar-refractivity contribution in [2.75, 3.05) is 20.1 Å². The quantitative estimate of drug-likeness (QED) is 0.492. The minimum atomic E-state index is -0.173. The first-order chi connectivity index (χ1) is 14.5. The van der Waals surface area contributed by atoms with Gasteiger partial charge in [-0.3, -0.25) is 9.59 Å². The van der Waals surface area contributed by atoms with Gasteiger partial charge in [0.25, 0.3) is 5.91 Å². The molecule has 5 nitrogen and oxygen atoms in total. The molecule has 0 bridgehead atoms. The third kappa shape index (κ3) is 4.68. The second-order valence-electron chi connectivity index (χ2n) is 7.53. The Balaban J connectivity index is 1.37. The summed E-state index contributed by atoms with van der Waals surface area (Å²) in [6.45, 7) is 1.59. The van der Waals surface area contributed by atoms with E-state index < -0.39 is 0 Å². The molecular weight excluding hydrogens is 464 g/mol. The Morgan fingerprint density at radius 3 is 2.73 bits per heavy atom. The van der Waals surface area contributed by atoms with Crippen LogP contribution < -0.4 is 0 Å². The van der Waals surface area contributed by atoms with Crippen LogP contribution in [0.25, 0.3) is 11.3 Å². The number of rotatable bonds is 5. The molecule has 156 valence electrons. The average Bonchev–Trinajstić information content (AvgIpc) is 3.46. The Morgan fingerprint density at radius 2 is 2.00 bits per heavy atom. The molecule has 1 aliphatic heterocycles. The van der Waals surface area contributed by atoms with E-state index in [9.17, 15) is 9.59 Å². The predicted molar refractivity (Wildman–Crippen MR) is 121 cm³/mol. The summed E-state index contributed by atoms with van der Waals surface area (Å²) >= 11 is 4.88. The van der Waals surface area contributed by atoms with E-state index in [4.69, 9.17) is 4.42 Å². The summed E-state index contributed by atoms with van der Waals surface area (Å²) in [6.07, 6.45) is 1.65. The molecule has 3 aromatic rings. The maximum atomic E-state index is 13.0. The van der Waals surface area contributed by atoms with Crippen molar-refractivity contribution >= 4 is 39.1 Å². The Morgan fingerprint density at radius 1 is 1.20 bits per heavy atom. The average molecular weight is 487 g/mol. The van der Waals surface area contributed by atoms with E-state index in [1.54, 1.807) is 11.9 Å². The molecule has 0 radical (unpaired) electrons. The van der Waals surface area contributed by atoms with E-state index in [0.717, 1.165) is 39.3 Å². The van der Waals surface area contributed by atoms with Crippen molar-refractivity contribution in [2.45, 2.75) is 19.4 Å². The molecule has 0 N–H and O–H groups in total. The van der Waals surface area contributed by atoms with Crippen LogP contribution >= 0.6 is 27.3 Å². The first-order valence-corrected chi connectivity index (χ1v) is 11.6. The molecule has 0 saturated carbocycles. The van der Waals surface area contributed by atoms with E-state index in [1.807, 2.05) is 58.8 Å². The number of piperidine rings is 1. The molecule has 0 aliphatic carbocycles. The largest absolute Gasteiger partial charge is 0.459 e. The van der Waals surface area contributed by atoms with Gasteiger partial charge >= 0.3 is 0 Å². The molecule has 7 heteroatoms. The Hall–Kier alpha value is -2.38. The molecule has 2 amide bonds. The maximum absolute atomic E-state index is 13.0. The molecule has 0 spiro atoms. The summed E-state index contributed by atoms with van der Waals surface area (Å²) in [7, 11) is 1.80. The van der Waals surface area contributed by atoms with Crippen LogP contribution in [-0.2, 0) is 11.3 Å². The molecule has 2 aromatic heterocycles. The van der Waals surface area contributed by atoms with Crippen LogP contribution in [0.4, 0.5) is 0 Å². The monoisotopic (exact) mass is 486 g/mol. The second-order valence-corrected chi connectivity index (χ2v) is 9.40. The maximum Gasteiger partial charge on any atom is 0.263 e. The number of likely N-dealkylation sites (tertiary alicyclic amines) is 1. The Bertz CT molecular complexity index is 1010. The Labute approximate surface area is 188 Å². The first-order valence-electron chi connectivity index (χ1n) is 9.93. The lowest BCUT2D eigenvalue weighted by Crippen LogP contribution is -2.45. The highest BCUT2D eigenvalue weighted by Gasteiger charge is 2.31. The first kappa shape index (κ1) is 20.9. The van der Waals surface area contributed by atoms with Crippen molar-refractivity contribution in [2.24, 2.45) is 5.92 Å². The van der Waals surface area contributed by atoms with Gasteiger partial charge in [-0.2, -0.15) is 0 Å². The number of furan rings is 1. The zero-order chi connectivity index (χ0) is 21.1. The van der Waals surface area contributed by atoms with Gasteiger partial charge in [-0.25, -0.2) is 0 Å². The third-order valence-electron chi connectivity index (χ3n) is 5.35. The van der Waals surface area contributed by atoms with Crippen LogP contribution in [0.2, 0.25) is 0 Å². The summed E-state index contributed by atoms with van der Waals surface area (Å²) < 4.78 is 6.97. The fraction of sp³-hybridized carbons (Fsp3) is 0.304. The van der Waals surface area contributed by atoms with Crippen LogP contribution in [0.5, 0.6) is 0 Å². The lowest BCUT2D eigenvalue weighted by atomic mass is 9.96. The lowest BCUT2D eigenvalue weighted by molar-refractivity contribution is -0.136. The number of hydrogen-bond acceptors (Lipinski definition) is 4. The minimum absolute atomic E-state index is 0.0235. The van der Waals surface area contributed by atoms with Crippen LogP contribution in [-0.4, -0.2) is 41.8 Å². The Kier molecular flexibility index (Phi) is 6.39. The van der Waals surface area contributed by atoms with Crippen LogP contribution in [0.1, 0.15) is 28.3 Å². The van der Waals surface area contributed by atoms with E-state index in [0.29, 0.717) is 19.6 Å². The van der Waals surface area contributed by atoms with E-state index in [-0.39, 0.29) is 17.7 Å². The van der Waals surface area contributed by atoms with Crippen molar-refractivity contribution in [1.29, 1.82) is 0 Å². The summed E-state index contributed by atoms with van der Waals surface area (Å²) in [5, 5.41) is 1.90. The number of halogens is 1. The minimum Gasteiger partial charge on any atom is -0.459 e. The summed E-state index contributed by atoms with van der Waals surface area (Å²) in [6, 6.07) is 15.5. The van der Waals surface area contributed by atoms with Gasteiger partial charge in [-0.05, 0) is 48.6 Å². The molecule has 1 atom stereocenters. The molecule has 3 heterocycles. The van der Waals surface area contributed by atoms with Gasteiger partial charge in [0.15, 0.2) is 0 Å². The van der Waals surface area contributed by atoms with Crippen LogP contribution in [0, 0.1) is 5.92 Å². The van der Waals surface area contributed by atoms with Crippen molar-refractivity contribution < 1.29 is 14.0 Å². The summed E-state index contributed by atoms with van der Waals surface area (Å²) in [5.41, 5.74) is 0.994. The van der Waals surface area contributed by atoms with Crippen molar-refractivity contribution in [3.63, 3.8) is 0 Å². The van der Waals surface area contributed by atoms with E-state index >= 15 is 0 Å². The number of amides is 2. The number of carbonyl (C=O) groups excluding carboxylic acids is 2. The fourth-order valence-corrected chi connectivity index (χ4v) is 4.73. The van der Waals surface area contributed by atoms with Crippen LogP contribution in [0.15, 0.2) is 62.8 Å². The van der Waals surface area contributed by atoms with Crippen molar-refractivity contribution in [1.82, 2.24) is 9.80 Å². The van der Waals surface area contributed by atoms with Gasteiger partial charge in [-0.15, -0.1) is 11.3 Å². The second kappa shape index (κ2) is 9.18. The standard InChI is InChI=1S/C23H23BrN2O3S/c1-25(15-19-10-11-20(29-19)16-6-8-18(24)9-7-16)22(27)17-4-2-12-26(14-17)23(28)21-5-3-13-30-21/h3,5-11,13,17H,2,4,12,14-15H2,1H3/t17-/m0/s1. The van der Waals surface area contributed by atoms with Gasteiger partial charge in [0.2, 0.25) is 5.91 Å². The smallest absolute Gasteiger partial charge is 0.263 e. The van der Waals surface area contributed by atoms with E-state index in [2.05, 4.69) is 15.9 Å². The molecule has 0 unspecified atom stereocenters. The zero-order valence-corrected chi connectivity index (χ0v) is 19.1. The molecule has 1 aliphatic rings. The SMILES string of the molecule is CN(Cc1ccc(-c2ccc(Br)cc2)o1)C(=O)[C@H]1CCCN(C(=O)c2cccs2)C1. The molecule has 30 heavy (non-hydrogen) atoms. The molecular formula is C23H23BrN2O3S. The zero-order valence-electron chi connectivity index (χ0n) is 16.7. The number of carbonyl (C=O) groups is 2. The molecule has 1 fully saturated rings. The molecule has 1 saturated heterocycles. The van der Waals surface area contributed by atoms with Crippen LogP contribution in [0.3, 0.4) is 0 Å². The van der Waals surface area contributed by atoms with Gasteiger partial charge in [0.05, 0.1) is 17.3 Å². The summed E-state index contributed by atoms with van der Waals surface area (Å²) in [4.78, 5) is 29.9. The summed E-state index contributed by atoms with van der Waals surface area (Å²) in [5.74, 6) is 1.43. The number of nitrogens with zero attached hydrogens (tertiary/aromatic N) is 2. The number of thiophene rings is 1. The van der Waals surface area contributed by atoms with E-state index in [1.165, 1.54) is 11.3 Å². The third-order valence-corrected chi connectivity index (χ3v) is 6.74. The normalized spacial score (nSPS) is 16.5. The molecule has 1 aromatic carbocycles. The topological polar surface area (TPSA) is 53.8 Å². The lowest BCUT2D eigenvalue weighted by Gasteiger charge is -2.33.